The highest BCUT2D eigenvalue weighted by Gasteiger charge is 2.56. The number of carbonyl (C=O) groups is 3. The Balaban J connectivity index is 1.47. The quantitative estimate of drug-likeness (QED) is 0.750. The van der Waals surface area contributed by atoms with Crippen LogP contribution in [0, 0.1) is 18.3 Å². The second-order valence-electron chi connectivity index (χ2n) is 9.22. The molecule has 0 radical (unpaired) electrons. The maximum Gasteiger partial charge on any atom is 0.325 e. The zero-order chi connectivity index (χ0) is 21.0. The first-order chi connectivity index (χ1) is 13.6. The average Bonchev–Trinajstić information content (AvgIpc) is 3.04. The second kappa shape index (κ2) is 6.79. The van der Waals surface area contributed by atoms with Crippen molar-refractivity contribution in [3.8, 4) is 0 Å². The minimum Gasteiger partial charge on any atom is -0.324 e. The van der Waals surface area contributed by atoms with Gasteiger partial charge in [-0.15, -0.1) is 11.3 Å². The van der Waals surface area contributed by atoms with Crippen LogP contribution in [0.5, 0.6) is 0 Å². The van der Waals surface area contributed by atoms with Gasteiger partial charge in [-0.1, -0.05) is 20.8 Å². The summed E-state index contributed by atoms with van der Waals surface area (Å²) in [6, 6.07) is 5.00. The third-order valence-electron chi connectivity index (χ3n) is 5.71. The number of nitrogens with one attached hydrogen (secondary N) is 2. The molecule has 2 fully saturated rings. The Kier molecular flexibility index (Phi) is 4.64. The lowest BCUT2D eigenvalue weighted by atomic mass is 9.64. The number of aryl methyl sites for hydroxylation is 1. The molecule has 2 unspecified atom stereocenters. The van der Waals surface area contributed by atoms with Crippen LogP contribution in [0.2, 0.25) is 0 Å². The van der Waals surface area contributed by atoms with Crippen LogP contribution in [0.4, 0.5) is 10.5 Å². The summed E-state index contributed by atoms with van der Waals surface area (Å²) in [6.07, 6.45) is 2.22. The Morgan fingerprint density at radius 2 is 2.10 bits per heavy atom. The van der Waals surface area contributed by atoms with E-state index in [4.69, 9.17) is 0 Å². The molecular formula is C21H26N4O3S. The second-order valence-corrected chi connectivity index (χ2v) is 10.5. The van der Waals surface area contributed by atoms with Gasteiger partial charge in [0, 0.05) is 5.69 Å². The van der Waals surface area contributed by atoms with Crippen LogP contribution in [0.3, 0.4) is 0 Å². The predicted octanol–water partition coefficient (Wildman–Crippen LogP) is 3.68. The maximum absolute atomic E-state index is 13.1. The first kappa shape index (κ1) is 19.8. The summed E-state index contributed by atoms with van der Waals surface area (Å²) in [5, 5.41) is 6.65. The highest BCUT2D eigenvalue weighted by atomic mass is 32.1. The molecule has 2 heterocycles. The van der Waals surface area contributed by atoms with Gasteiger partial charge in [-0.2, -0.15) is 0 Å². The van der Waals surface area contributed by atoms with E-state index in [-0.39, 0.29) is 17.9 Å². The van der Waals surface area contributed by atoms with Crippen LogP contribution in [0.1, 0.15) is 45.0 Å². The molecule has 154 valence electrons. The van der Waals surface area contributed by atoms with Gasteiger partial charge in [-0.05, 0) is 55.7 Å². The van der Waals surface area contributed by atoms with Crippen molar-refractivity contribution >= 4 is 45.1 Å². The summed E-state index contributed by atoms with van der Waals surface area (Å²) < 4.78 is 0.979. The summed E-state index contributed by atoms with van der Waals surface area (Å²) >= 11 is 1.55. The number of benzene rings is 1. The predicted molar refractivity (Wildman–Crippen MR) is 113 cm³/mol. The number of rotatable bonds is 3. The molecule has 29 heavy (non-hydrogen) atoms. The highest BCUT2D eigenvalue weighted by Crippen LogP contribution is 2.46. The monoisotopic (exact) mass is 414 g/mol. The molecule has 0 bridgehead atoms. The van der Waals surface area contributed by atoms with Gasteiger partial charge >= 0.3 is 6.03 Å². The summed E-state index contributed by atoms with van der Waals surface area (Å²) in [5.74, 6) is -0.355. The Hall–Kier alpha value is -2.48. The SMILES string of the molecule is Cc1nc2ccc(NC(=O)CN3C(=O)NC4(CC(C)CC(C)(C)C4)C3=O)cc2s1. The van der Waals surface area contributed by atoms with E-state index in [1.165, 1.54) is 0 Å². The van der Waals surface area contributed by atoms with Gasteiger partial charge in [0.05, 0.1) is 15.2 Å². The smallest absolute Gasteiger partial charge is 0.324 e. The molecule has 1 aliphatic carbocycles. The number of amides is 4. The van der Waals surface area contributed by atoms with E-state index >= 15 is 0 Å². The zero-order valence-electron chi connectivity index (χ0n) is 17.2. The Morgan fingerprint density at radius 1 is 1.34 bits per heavy atom. The average molecular weight is 415 g/mol. The van der Waals surface area contributed by atoms with Gasteiger partial charge in [0.15, 0.2) is 0 Å². The number of imide groups is 1. The topological polar surface area (TPSA) is 91.4 Å². The number of urea groups is 1. The van der Waals surface area contributed by atoms with Crippen molar-refractivity contribution in [2.75, 3.05) is 11.9 Å². The largest absolute Gasteiger partial charge is 0.325 e. The lowest BCUT2D eigenvalue weighted by Crippen LogP contribution is -2.54. The fourth-order valence-electron chi connectivity index (χ4n) is 5.11. The molecule has 2 N–H and O–H groups in total. The van der Waals surface area contributed by atoms with Crippen molar-refractivity contribution in [3.05, 3.63) is 23.2 Å². The van der Waals surface area contributed by atoms with E-state index in [0.717, 1.165) is 26.5 Å². The van der Waals surface area contributed by atoms with Crippen LogP contribution in [0.15, 0.2) is 18.2 Å². The van der Waals surface area contributed by atoms with Gasteiger partial charge in [0.2, 0.25) is 5.91 Å². The molecule has 8 heteroatoms. The number of fused-ring (bicyclic) bond motifs is 1. The van der Waals surface area contributed by atoms with E-state index < -0.39 is 17.5 Å². The standard InChI is InChI=1S/C21H26N4O3S/c1-12-8-20(3,4)11-21(9-12)18(27)25(19(28)24-21)10-17(26)23-14-5-6-15-16(7-14)29-13(2)22-15/h5-7,12H,8-11H2,1-4H3,(H,23,26)(H,24,28). The number of aromatic nitrogens is 1. The van der Waals surface area contributed by atoms with Gasteiger partial charge in [0.25, 0.3) is 5.91 Å². The van der Waals surface area contributed by atoms with Crippen LogP contribution in [-0.4, -0.2) is 39.8 Å². The Bertz CT molecular complexity index is 1010. The first-order valence-corrected chi connectivity index (χ1v) is 10.7. The fraction of sp³-hybridized carbons (Fsp3) is 0.524. The number of thiazole rings is 1. The maximum atomic E-state index is 13.1. The lowest BCUT2D eigenvalue weighted by molar-refractivity contribution is -0.136. The number of hydrogen-bond acceptors (Lipinski definition) is 5. The molecule has 1 aromatic heterocycles. The van der Waals surface area contributed by atoms with Gasteiger partial charge in [-0.3, -0.25) is 14.5 Å². The van der Waals surface area contributed by atoms with Gasteiger partial charge < -0.3 is 10.6 Å². The number of hydrogen-bond donors (Lipinski definition) is 2. The van der Waals surface area contributed by atoms with E-state index in [0.29, 0.717) is 24.4 Å². The van der Waals surface area contributed by atoms with E-state index in [1.807, 2.05) is 19.1 Å². The molecule has 4 amide bonds. The van der Waals surface area contributed by atoms with E-state index in [9.17, 15) is 14.4 Å². The van der Waals surface area contributed by atoms with Crippen LogP contribution < -0.4 is 10.6 Å². The summed E-state index contributed by atoms with van der Waals surface area (Å²) in [5.41, 5.74) is 0.578. The molecule has 4 rings (SSSR count). The summed E-state index contributed by atoms with van der Waals surface area (Å²) in [6.45, 7) is 7.99. The molecule has 7 nitrogen and oxygen atoms in total. The minimum atomic E-state index is -0.891. The van der Waals surface area contributed by atoms with Crippen LogP contribution >= 0.6 is 11.3 Å². The normalized spacial score (nSPS) is 26.2. The van der Waals surface area contributed by atoms with Gasteiger partial charge in [0.1, 0.15) is 12.1 Å². The van der Waals surface area contributed by atoms with Gasteiger partial charge in [-0.25, -0.2) is 9.78 Å². The van der Waals surface area contributed by atoms with Crippen molar-refractivity contribution in [1.82, 2.24) is 15.2 Å². The number of anilines is 1. The molecule has 2 aromatic rings. The van der Waals surface area contributed by atoms with Crippen molar-refractivity contribution < 1.29 is 14.4 Å². The van der Waals surface area contributed by atoms with Crippen molar-refractivity contribution in [3.63, 3.8) is 0 Å². The Morgan fingerprint density at radius 3 is 2.83 bits per heavy atom. The lowest BCUT2D eigenvalue weighted by Gasteiger charge is -2.43. The van der Waals surface area contributed by atoms with E-state index in [2.05, 4.69) is 36.4 Å². The molecule has 1 spiro atoms. The van der Waals surface area contributed by atoms with E-state index in [1.54, 1.807) is 17.4 Å². The molecule has 2 atom stereocenters. The molecule has 1 saturated carbocycles. The highest BCUT2D eigenvalue weighted by molar-refractivity contribution is 7.18. The molecular weight excluding hydrogens is 388 g/mol. The minimum absolute atomic E-state index is 0.0405. The zero-order valence-corrected chi connectivity index (χ0v) is 18.0. The third-order valence-corrected chi connectivity index (χ3v) is 6.64. The Labute approximate surface area is 173 Å². The number of carbonyl (C=O) groups excluding carboxylic acids is 3. The van der Waals surface area contributed by atoms with Crippen LogP contribution in [0.25, 0.3) is 10.2 Å². The number of nitrogens with zero attached hydrogens (tertiary/aromatic N) is 2. The summed E-state index contributed by atoms with van der Waals surface area (Å²) in [7, 11) is 0. The van der Waals surface area contributed by atoms with Crippen molar-refractivity contribution in [1.29, 1.82) is 0 Å². The van der Waals surface area contributed by atoms with Crippen molar-refractivity contribution in [2.24, 2.45) is 11.3 Å². The summed E-state index contributed by atoms with van der Waals surface area (Å²) in [4.78, 5) is 43.7. The van der Waals surface area contributed by atoms with Crippen molar-refractivity contribution in [2.45, 2.75) is 52.5 Å². The molecule has 1 aromatic carbocycles. The third kappa shape index (κ3) is 3.73. The first-order valence-electron chi connectivity index (χ1n) is 9.88. The molecule has 1 saturated heterocycles. The fourth-order valence-corrected chi connectivity index (χ4v) is 5.98. The van der Waals surface area contributed by atoms with Crippen LogP contribution in [-0.2, 0) is 9.59 Å². The molecule has 1 aliphatic heterocycles. The molecule has 2 aliphatic rings.